The minimum Gasteiger partial charge on any atom is -0.508 e. The van der Waals surface area contributed by atoms with E-state index in [2.05, 4.69) is 13.8 Å². The van der Waals surface area contributed by atoms with E-state index in [1.54, 1.807) is 12.1 Å². The third-order valence-electron chi connectivity index (χ3n) is 3.20. The second-order valence-corrected chi connectivity index (χ2v) is 4.70. The Morgan fingerprint density at radius 1 is 1.00 bits per heavy atom. The van der Waals surface area contributed by atoms with Crippen molar-refractivity contribution in [2.45, 2.75) is 58.3 Å². The molecule has 0 bridgehead atoms. The minimum atomic E-state index is 0.360. The molecule has 1 aromatic rings. The molecule has 1 heteroatoms. The molecule has 0 amide bonds. The number of hydrogen-bond acceptors (Lipinski definition) is 1. The highest BCUT2D eigenvalue weighted by atomic mass is 16.3. The van der Waals surface area contributed by atoms with Gasteiger partial charge in [-0.2, -0.15) is 0 Å². The zero-order valence-corrected chi connectivity index (χ0v) is 10.6. The maximum absolute atomic E-state index is 9.21. The molecular weight excluding hydrogens is 196 g/mol. The number of unbranched alkanes of at least 4 members (excludes halogenated alkanes) is 4. The van der Waals surface area contributed by atoms with Gasteiger partial charge < -0.3 is 5.11 Å². The second kappa shape index (κ2) is 7.32. The lowest BCUT2D eigenvalue weighted by molar-refractivity contribution is 0.474. The SMILES string of the molecule is CCCCCCC[C@@H](C)c1ccc(O)cc1. The molecule has 0 saturated heterocycles. The van der Waals surface area contributed by atoms with Gasteiger partial charge in [0.15, 0.2) is 0 Å². The first-order valence-corrected chi connectivity index (χ1v) is 6.53. The molecule has 0 spiro atoms. The van der Waals surface area contributed by atoms with Gasteiger partial charge in [-0.25, -0.2) is 0 Å². The van der Waals surface area contributed by atoms with Crippen molar-refractivity contribution >= 4 is 0 Å². The van der Waals surface area contributed by atoms with Gasteiger partial charge in [-0.1, -0.05) is 58.1 Å². The predicted molar refractivity (Wildman–Crippen MR) is 69.9 cm³/mol. The highest BCUT2D eigenvalue weighted by Crippen LogP contribution is 2.23. The molecule has 0 radical (unpaired) electrons. The highest BCUT2D eigenvalue weighted by molar-refractivity contribution is 5.27. The Morgan fingerprint density at radius 3 is 2.25 bits per heavy atom. The molecule has 16 heavy (non-hydrogen) atoms. The Labute approximate surface area is 99.5 Å². The Kier molecular flexibility index (Phi) is 5.99. The van der Waals surface area contributed by atoms with Gasteiger partial charge in [-0.05, 0) is 30.0 Å². The Bertz CT molecular complexity index is 276. The number of hydrogen-bond donors (Lipinski definition) is 1. The van der Waals surface area contributed by atoms with Crippen molar-refractivity contribution < 1.29 is 5.11 Å². The molecule has 0 unspecified atom stereocenters. The summed E-state index contributed by atoms with van der Waals surface area (Å²) in [4.78, 5) is 0. The molecule has 1 rings (SSSR count). The number of phenols is 1. The fraction of sp³-hybridized carbons (Fsp3) is 0.600. The third kappa shape index (κ3) is 4.69. The Balaban J connectivity index is 2.24. The molecular formula is C15H24O. The van der Waals surface area contributed by atoms with E-state index in [1.807, 2.05) is 12.1 Å². The van der Waals surface area contributed by atoms with Crippen LogP contribution in [0.4, 0.5) is 0 Å². The van der Waals surface area contributed by atoms with Crippen molar-refractivity contribution in [3.05, 3.63) is 29.8 Å². The molecule has 1 nitrogen and oxygen atoms in total. The molecule has 0 aliphatic carbocycles. The van der Waals surface area contributed by atoms with E-state index in [1.165, 1.54) is 44.1 Å². The van der Waals surface area contributed by atoms with Gasteiger partial charge in [-0.15, -0.1) is 0 Å². The average molecular weight is 220 g/mol. The lowest BCUT2D eigenvalue weighted by Gasteiger charge is -2.11. The van der Waals surface area contributed by atoms with Gasteiger partial charge >= 0.3 is 0 Å². The van der Waals surface area contributed by atoms with Crippen LogP contribution in [0.3, 0.4) is 0 Å². The zero-order chi connectivity index (χ0) is 11.8. The molecule has 0 aliphatic rings. The topological polar surface area (TPSA) is 20.2 Å². The van der Waals surface area contributed by atoms with Crippen LogP contribution in [0.5, 0.6) is 5.75 Å². The van der Waals surface area contributed by atoms with E-state index in [9.17, 15) is 5.11 Å². The van der Waals surface area contributed by atoms with E-state index in [4.69, 9.17) is 0 Å². The van der Waals surface area contributed by atoms with Crippen LogP contribution >= 0.6 is 0 Å². The van der Waals surface area contributed by atoms with Crippen molar-refractivity contribution in [3.8, 4) is 5.75 Å². The summed E-state index contributed by atoms with van der Waals surface area (Å²) in [6, 6.07) is 7.63. The van der Waals surface area contributed by atoms with Crippen molar-refractivity contribution in [3.63, 3.8) is 0 Å². The molecule has 1 N–H and O–H groups in total. The van der Waals surface area contributed by atoms with Crippen LogP contribution in [-0.2, 0) is 0 Å². The first-order valence-electron chi connectivity index (χ1n) is 6.53. The lowest BCUT2D eigenvalue weighted by atomic mass is 9.95. The fourth-order valence-corrected chi connectivity index (χ4v) is 2.02. The summed E-state index contributed by atoms with van der Waals surface area (Å²) >= 11 is 0. The largest absolute Gasteiger partial charge is 0.508 e. The molecule has 1 atom stereocenters. The normalized spacial score (nSPS) is 12.6. The van der Waals surface area contributed by atoms with Crippen LogP contribution in [0.15, 0.2) is 24.3 Å². The summed E-state index contributed by atoms with van der Waals surface area (Å²) < 4.78 is 0. The van der Waals surface area contributed by atoms with Gasteiger partial charge in [0, 0.05) is 0 Å². The average Bonchev–Trinajstić information content (AvgIpc) is 2.29. The Hall–Kier alpha value is -0.980. The summed E-state index contributed by atoms with van der Waals surface area (Å²) in [6.07, 6.45) is 7.99. The van der Waals surface area contributed by atoms with Crippen molar-refractivity contribution in [2.75, 3.05) is 0 Å². The lowest BCUT2D eigenvalue weighted by Crippen LogP contribution is -1.93. The number of phenolic OH excluding ortho intramolecular Hbond substituents is 1. The van der Waals surface area contributed by atoms with Gasteiger partial charge in [0.2, 0.25) is 0 Å². The van der Waals surface area contributed by atoms with Gasteiger partial charge in [0.25, 0.3) is 0 Å². The quantitative estimate of drug-likeness (QED) is 0.651. The van der Waals surface area contributed by atoms with E-state index in [-0.39, 0.29) is 0 Å². The first-order chi connectivity index (χ1) is 7.74. The van der Waals surface area contributed by atoms with Crippen LogP contribution < -0.4 is 0 Å². The van der Waals surface area contributed by atoms with Gasteiger partial charge in [0.05, 0.1) is 0 Å². The van der Waals surface area contributed by atoms with Crippen LogP contribution in [0.2, 0.25) is 0 Å². The summed E-state index contributed by atoms with van der Waals surface area (Å²) in [5.74, 6) is 0.973. The summed E-state index contributed by atoms with van der Waals surface area (Å²) in [7, 11) is 0. The van der Waals surface area contributed by atoms with Crippen LogP contribution in [0.25, 0.3) is 0 Å². The third-order valence-corrected chi connectivity index (χ3v) is 3.20. The molecule has 1 aromatic carbocycles. The van der Waals surface area contributed by atoms with Crippen molar-refractivity contribution in [2.24, 2.45) is 0 Å². The molecule has 0 saturated carbocycles. The molecule has 0 aliphatic heterocycles. The number of aromatic hydroxyl groups is 1. The molecule has 90 valence electrons. The Morgan fingerprint density at radius 2 is 1.62 bits per heavy atom. The van der Waals surface area contributed by atoms with Crippen molar-refractivity contribution in [1.82, 2.24) is 0 Å². The highest BCUT2D eigenvalue weighted by Gasteiger charge is 2.04. The second-order valence-electron chi connectivity index (χ2n) is 4.70. The summed E-state index contributed by atoms with van der Waals surface area (Å²) in [6.45, 7) is 4.52. The van der Waals surface area contributed by atoms with Crippen LogP contribution in [0.1, 0.15) is 63.9 Å². The zero-order valence-electron chi connectivity index (χ0n) is 10.6. The van der Waals surface area contributed by atoms with Gasteiger partial charge in [-0.3, -0.25) is 0 Å². The van der Waals surface area contributed by atoms with E-state index in [0.717, 1.165) is 0 Å². The first kappa shape index (κ1) is 13.1. The van der Waals surface area contributed by atoms with Crippen LogP contribution in [0, 0.1) is 0 Å². The maximum atomic E-state index is 9.21. The number of rotatable bonds is 7. The standard InChI is InChI=1S/C15H24O/c1-3-4-5-6-7-8-13(2)14-9-11-15(16)12-10-14/h9-13,16H,3-8H2,1-2H3/t13-/m1/s1. The van der Waals surface area contributed by atoms with E-state index in [0.29, 0.717) is 11.7 Å². The molecule has 0 aromatic heterocycles. The van der Waals surface area contributed by atoms with E-state index < -0.39 is 0 Å². The van der Waals surface area contributed by atoms with Crippen molar-refractivity contribution in [1.29, 1.82) is 0 Å². The van der Waals surface area contributed by atoms with Gasteiger partial charge in [0.1, 0.15) is 5.75 Å². The number of benzene rings is 1. The molecule has 0 fully saturated rings. The van der Waals surface area contributed by atoms with E-state index >= 15 is 0 Å². The fourth-order valence-electron chi connectivity index (χ4n) is 2.02. The smallest absolute Gasteiger partial charge is 0.115 e. The molecule has 0 heterocycles. The summed E-state index contributed by atoms with van der Waals surface area (Å²) in [5, 5.41) is 9.21. The minimum absolute atomic E-state index is 0.360. The summed E-state index contributed by atoms with van der Waals surface area (Å²) in [5.41, 5.74) is 1.34. The monoisotopic (exact) mass is 220 g/mol. The predicted octanol–water partition coefficient (Wildman–Crippen LogP) is 4.86. The van der Waals surface area contributed by atoms with Crippen LogP contribution in [-0.4, -0.2) is 5.11 Å². The maximum Gasteiger partial charge on any atom is 0.115 e.